The fourth-order valence-corrected chi connectivity index (χ4v) is 1.85. The molecule has 0 amide bonds. The Kier molecular flexibility index (Phi) is 4.68. The lowest BCUT2D eigenvalue weighted by molar-refractivity contribution is 0.0692. The first-order chi connectivity index (χ1) is 8.71. The molecular weight excluding hydrogens is 270 g/mol. The standard InChI is InChI=1S/C12H15NO5S/c1-8(2)5-6-18-11-4-3-9(19(13,16)17)7-10(11)12(14)15/h3-4,7H,1,5-6H2,2H3,(H,14,15)(H2,13,16,17). The summed E-state index contributed by atoms with van der Waals surface area (Å²) in [5, 5.41) is 14.0. The first kappa shape index (κ1) is 15.2. The zero-order valence-corrected chi connectivity index (χ0v) is 11.2. The maximum atomic E-state index is 11.2. The molecule has 0 radical (unpaired) electrons. The van der Waals surface area contributed by atoms with Crippen LogP contribution < -0.4 is 9.88 Å². The Balaban J connectivity index is 3.06. The van der Waals surface area contributed by atoms with Gasteiger partial charge in [-0.2, -0.15) is 0 Å². The Morgan fingerprint density at radius 2 is 2.11 bits per heavy atom. The van der Waals surface area contributed by atoms with Crippen LogP contribution in [-0.4, -0.2) is 26.1 Å². The zero-order chi connectivity index (χ0) is 14.6. The number of carboxylic acids is 1. The predicted octanol–water partition coefficient (Wildman–Crippen LogP) is 1.38. The fourth-order valence-electron chi connectivity index (χ4n) is 1.31. The molecule has 6 nitrogen and oxygen atoms in total. The Morgan fingerprint density at radius 3 is 2.58 bits per heavy atom. The summed E-state index contributed by atoms with van der Waals surface area (Å²) in [6.07, 6.45) is 0.579. The lowest BCUT2D eigenvalue weighted by Gasteiger charge is -2.10. The fraction of sp³-hybridized carbons (Fsp3) is 0.250. The lowest BCUT2D eigenvalue weighted by atomic mass is 10.2. The third-order valence-electron chi connectivity index (χ3n) is 2.30. The molecule has 0 bridgehead atoms. The quantitative estimate of drug-likeness (QED) is 0.768. The summed E-state index contributed by atoms with van der Waals surface area (Å²) in [6.45, 7) is 5.79. The number of carbonyl (C=O) groups is 1. The Morgan fingerprint density at radius 1 is 1.47 bits per heavy atom. The third kappa shape index (κ3) is 4.38. The second-order valence-electron chi connectivity index (χ2n) is 4.06. The monoisotopic (exact) mass is 285 g/mol. The van der Waals surface area contributed by atoms with Crippen LogP contribution >= 0.6 is 0 Å². The minimum atomic E-state index is -3.94. The Bertz CT molecular complexity index is 607. The molecule has 0 aromatic heterocycles. The molecule has 0 aliphatic heterocycles. The molecule has 0 saturated carbocycles. The van der Waals surface area contributed by atoms with E-state index < -0.39 is 16.0 Å². The van der Waals surface area contributed by atoms with Gasteiger partial charge in [0.1, 0.15) is 11.3 Å². The van der Waals surface area contributed by atoms with Gasteiger partial charge in [0, 0.05) is 6.42 Å². The molecule has 0 heterocycles. The first-order valence-electron chi connectivity index (χ1n) is 5.39. The van der Waals surface area contributed by atoms with Gasteiger partial charge in [-0.25, -0.2) is 18.4 Å². The molecule has 1 rings (SSSR count). The van der Waals surface area contributed by atoms with Crippen molar-refractivity contribution in [2.24, 2.45) is 5.14 Å². The van der Waals surface area contributed by atoms with Gasteiger partial charge < -0.3 is 9.84 Å². The molecule has 1 aromatic rings. The van der Waals surface area contributed by atoms with Crippen LogP contribution in [0, 0.1) is 0 Å². The Labute approximate surface area is 111 Å². The van der Waals surface area contributed by atoms with E-state index in [2.05, 4.69) is 6.58 Å². The number of aromatic carboxylic acids is 1. The van der Waals surface area contributed by atoms with Crippen molar-refractivity contribution in [2.75, 3.05) is 6.61 Å². The summed E-state index contributed by atoms with van der Waals surface area (Å²) in [6, 6.07) is 3.47. The van der Waals surface area contributed by atoms with Gasteiger partial charge >= 0.3 is 5.97 Å². The number of rotatable bonds is 6. The molecule has 0 spiro atoms. The van der Waals surface area contributed by atoms with E-state index in [0.717, 1.165) is 11.6 Å². The molecule has 19 heavy (non-hydrogen) atoms. The maximum absolute atomic E-state index is 11.2. The van der Waals surface area contributed by atoms with Gasteiger partial charge in [-0.05, 0) is 25.1 Å². The summed E-state index contributed by atoms with van der Waals surface area (Å²) in [7, 11) is -3.94. The molecule has 0 aliphatic carbocycles. The van der Waals surface area contributed by atoms with Crippen molar-refractivity contribution >= 4 is 16.0 Å². The highest BCUT2D eigenvalue weighted by Gasteiger charge is 2.16. The highest BCUT2D eigenvalue weighted by molar-refractivity contribution is 7.89. The van der Waals surface area contributed by atoms with E-state index in [-0.39, 0.29) is 22.8 Å². The molecule has 0 atom stereocenters. The third-order valence-corrected chi connectivity index (χ3v) is 3.21. The van der Waals surface area contributed by atoms with E-state index in [9.17, 15) is 13.2 Å². The zero-order valence-electron chi connectivity index (χ0n) is 10.4. The predicted molar refractivity (Wildman–Crippen MR) is 69.7 cm³/mol. The van der Waals surface area contributed by atoms with Gasteiger partial charge in [0.25, 0.3) is 0 Å². The minimum absolute atomic E-state index is 0.0983. The SMILES string of the molecule is C=C(C)CCOc1ccc(S(N)(=O)=O)cc1C(=O)O. The normalized spacial score (nSPS) is 11.1. The van der Waals surface area contributed by atoms with E-state index in [0.29, 0.717) is 6.42 Å². The van der Waals surface area contributed by atoms with Crippen molar-refractivity contribution in [3.05, 3.63) is 35.9 Å². The van der Waals surface area contributed by atoms with Crippen molar-refractivity contribution in [3.63, 3.8) is 0 Å². The number of sulfonamides is 1. The number of nitrogens with two attached hydrogens (primary N) is 1. The molecule has 3 N–H and O–H groups in total. The van der Waals surface area contributed by atoms with Crippen LogP contribution in [0.2, 0.25) is 0 Å². The van der Waals surface area contributed by atoms with Crippen LogP contribution in [0.15, 0.2) is 35.2 Å². The second kappa shape index (κ2) is 5.85. The summed E-state index contributed by atoms with van der Waals surface area (Å²) in [5.41, 5.74) is 0.659. The molecule has 104 valence electrons. The summed E-state index contributed by atoms with van der Waals surface area (Å²) < 4.78 is 27.6. The van der Waals surface area contributed by atoms with Crippen LogP contribution in [0.3, 0.4) is 0 Å². The average Bonchev–Trinajstić information content (AvgIpc) is 2.27. The van der Waals surface area contributed by atoms with Gasteiger partial charge in [-0.15, -0.1) is 6.58 Å². The first-order valence-corrected chi connectivity index (χ1v) is 6.94. The molecule has 7 heteroatoms. The lowest BCUT2D eigenvalue weighted by Crippen LogP contribution is -2.14. The van der Waals surface area contributed by atoms with Crippen molar-refractivity contribution in [3.8, 4) is 5.75 Å². The van der Waals surface area contributed by atoms with Gasteiger partial charge in [0.05, 0.1) is 11.5 Å². The number of benzene rings is 1. The van der Waals surface area contributed by atoms with E-state index >= 15 is 0 Å². The van der Waals surface area contributed by atoms with Crippen LogP contribution in [0.25, 0.3) is 0 Å². The molecular formula is C12H15NO5S. The minimum Gasteiger partial charge on any atom is -0.492 e. The summed E-state index contributed by atoms with van der Waals surface area (Å²) >= 11 is 0. The van der Waals surface area contributed by atoms with E-state index in [4.69, 9.17) is 15.0 Å². The van der Waals surface area contributed by atoms with Gasteiger partial charge in [0.2, 0.25) is 10.0 Å². The molecule has 0 unspecified atom stereocenters. The maximum Gasteiger partial charge on any atom is 0.339 e. The van der Waals surface area contributed by atoms with Crippen LogP contribution in [0.1, 0.15) is 23.7 Å². The molecule has 0 fully saturated rings. The number of carboxylic acid groups (broad SMARTS) is 1. The topological polar surface area (TPSA) is 107 Å². The number of hydrogen-bond donors (Lipinski definition) is 2. The van der Waals surface area contributed by atoms with Gasteiger partial charge in [-0.1, -0.05) is 5.57 Å². The smallest absolute Gasteiger partial charge is 0.339 e. The largest absolute Gasteiger partial charge is 0.492 e. The van der Waals surface area contributed by atoms with Crippen LogP contribution in [0.5, 0.6) is 5.75 Å². The van der Waals surface area contributed by atoms with Gasteiger partial charge in [0.15, 0.2) is 0 Å². The van der Waals surface area contributed by atoms with Crippen molar-refractivity contribution < 1.29 is 23.1 Å². The van der Waals surface area contributed by atoms with Gasteiger partial charge in [-0.3, -0.25) is 0 Å². The number of hydrogen-bond acceptors (Lipinski definition) is 4. The number of primary sulfonamides is 1. The Hall–Kier alpha value is -1.86. The molecule has 1 aromatic carbocycles. The molecule has 0 saturated heterocycles. The van der Waals surface area contributed by atoms with Crippen molar-refractivity contribution in [1.29, 1.82) is 0 Å². The van der Waals surface area contributed by atoms with Crippen LogP contribution in [-0.2, 0) is 10.0 Å². The number of ether oxygens (including phenoxy) is 1. The van der Waals surface area contributed by atoms with Crippen molar-refractivity contribution in [1.82, 2.24) is 0 Å². The average molecular weight is 285 g/mol. The van der Waals surface area contributed by atoms with Crippen LogP contribution in [0.4, 0.5) is 0 Å². The molecule has 0 aliphatic rings. The van der Waals surface area contributed by atoms with E-state index in [1.165, 1.54) is 12.1 Å². The van der Waals surface area contributed by atoms with Crippen molar-refractivity contribution in [2.45, 2.75) is 18.2 Å². The van der Waals surface area contributed by atoms with E-state index in [1.807, 2.05) is 6.92 Å². The highest BCUT2D eigenvalue weighted by atomic mass is 32.2. The summed E-state index contributed by atoms with van der Waals surface area (Å²) in [4.78, 5) is 10.8. The summed E-state index contributed by atoms with van der Waals surface area (Å²) in [5.74, 6) is -1.18. The van der Waals surface area contributed by atoms with E-state index in [1.54, 1.807) is 0 Å². The second-order valence-corrected chi connectivity index (χ2v) is 5.63. The highest BCUT2D eigenvalue weighted by Crippen LogP contribution is 2.22.